The van der Waals surface area contributed by atoms with Gasteiger partial charge in [-0.2, -0.15) is 0 Å². The van der Waals surface area contributed by atoms with E-state index in [2.05, 4.69) is 10.6 Å². The van der Waals surface area contributed by atoms with Gasteiger partial charge in [-0.05, 0) is 30.0 Å². The fourth-order valence-electron chi connectivity index (χ4n) is 2.32. The predicted octanol–water partition coefficient (Wildman–Crippen LogP) is 1.49. The number of rotatable bonds is 8. The van der Waals surface area contributed by atoms with Crippen LogP contribution >= 0.6 is 0 Å². The molecular formula is C17H23FN2O4. The second-order valence-corrected chi connectivity index (χ2v) is 6.12. The van der Waals surface area contributed by atoms with E-state index in [9.17, 15) is 23.9 Å². The molecule has 0 spiro atoms. The Balaban J connectivity index is 2.87. The van der Waals surface area contributed by atoms with Crippen molar-refractivity contribution in [1.82, 2.24) is 10.6 Å². The van der Waals surface area contributed by atoms with Crippen molar-refractivity contribution in [2.24, 2.45) is 5.92 Å². The van der Waals surface area contributed by atoms with Gasteiger partial charge in [0.2, 0.25) is 11.8 Å². The summed E-state index contributed by atoms with van der Waals surface area (Å²) in [6.45, 7) is 4.95. The van der Waals surface area contributed by atoms with Crippen molar-refractivity contribution in [2.75, 3.05) is 0 Å². The average molecular weight is 338 g/mol. The Kier molecular flexibility index (Phi) is 7.35. The Labute approximate surface area is 140 Å². The van der Waals surface area contributed by atoms with E-state index in [1.165, 1.54) is 25.1 Å². The van der Waals surface area contributed by atoms with Crippen LogP contribution < -0.4 is 10.6 Å². The van der Waals surface area contributed by atoms with Crippen molar-refractivity contribution < 1.29 is 23.9 Å². The summed E-state index contributed by atoms with van der Waals surface area (Å²) >= 11 is 0. The van der Waals surface area contributed by atoms with E-state index in [4.69, 9.17) is 0 Å². The van der Waals surface area contributed by atoms with Crippen molar-refractivity contribution in [3.63, 3.8) is 0 Å². The molecule has 0 aliphatic heterocycles. The molecule has 0 saturated carbocycles. The van der Waals surface area contributed by atoms with Gasteiger partial charge in [-0.15, -0.1) is 0 Å². The second kappa shape index (κ2) is 9.00. The average Bonchev–Trinajstić information content (AvgIpc) is 2.44. The molecular weight excluding hydrogens is 315 g/mol. The normalized spacial score (nSPS) is 13.2. The van der Waals surface area contributed by atoms with Crippen LogP contribution in [-0.4, -0.2) is 35.0 Å². The van der Waals surface area contributed by atoms with Crippen LogP contribution in [0.25, 0.3) is 0 Å². The highest BCUT2D eigenvalue weighted by atomic mass is 19.1. The molecule has 0 radical (unpaired) electrons. The summed E-state index contributed by atoms with van der Waals surface area (Å²) in [4.78, 5) is 35.0. The first-order valence-electron chi connectivity index (χ1n) is 7.73. The molecule has 7 heteroatoms. The van der Waals surface area contributed by atoms with Gasteiger partial charge in [0.05, 0.1) is 0 Å². The SMILES string of the molecule is CC(=O)N[C@H](Cc1cccc(F)c1)C(=O)N[C@H](CC(C)C)C(=O)O. The lowest BCUT2D eigenvalue weighted by Crippen LogP contribution is -2.52. The van der Waals surface area contributed by atoms with Gasteiger partial charge >= 0.3 is 5.97 Å². The molecule has 0 unspecified atom stereocenters. The van der Waals surface area contributed by atoms with E-state index in [1.807, 2.05) is 13.8 Å². The molecule has 0 bridgehead atoms. The van der Waals surface area contributed by atoms with E-state index < -0.39 is 35.7 Å². The lowest BCUT2D eigenvalue weighted by molar-refractivity contribution is -0.142. The molecule has 0 aromatic heterocycles. The Bertz CT molecular complexity index is 604. The maximum Gasteiger partial charge on any atom is 0.326 e. The highest BCUT2D eigenvalue weighted by Crippen LogP contribution is 2.09. The van der Waals surface area contributed by atoms with Crippen LogP contribution in [0.4, 0.5) is 4.39 Å². The van der Waals surface area contributed by atoms with Gasteiger partial charge in [0.1, 0.15) is 17.9 Å². The lowest BCUT2D eigenvalue weighted by atomic mass is 10.0. The van der Waals surface area contributed by atoms with E-state index in [0.29, 0.717) is 5.56 Å². The lowest BCUT2D eigenvalue weighted by Gasteiger charge is -2.22. The van der Waals surface area contributed by atoms with Gasteiger partial charge in [0.25, 0.3) is 0 Å². The van der Waals surface area contributed by atoms with E-state index >= 15 is 0 Å². The molecule has 24 heavy (non-hydrogen) atoms. The molecule has 0 fully saturated rings. The fourth-order valence-corrected chi connectivity index (χ4v) is 2.32. The third-order valence-electron chi connectivity index (χ3n) is 3.34. The van der Waals surface area contributed by atoms with Crippen molar-refractivity contribution in [3.05, 3.63) is 35.6 Å². The minimum absolute atomic E-state index is 0.0667. The number of carboxylic acid groups (broad SMARTS) is 1. The van der Waals surface area contributed by atoms with Gasteiger partial charge in [0.15, 0.2) is 0 Å². The van der Waals surface area contributed by atoms with Gasteiger partial charge < -0.3 is 15.7 Å². The highest BCUT2D eigenvalue weighted by molar-refractivity contribution is 5.90. The minimum Gasteiger partial charge on any atom is -0.480 e. The molecule has 3 N–H and O–H groups in total. The number of amides is 2. The monoisotopic (exact) mass is 338 g/mol. The first-order chi connectivity index (χ1) is 11.2. The Morgan fingerprint density at radius 1 is 1.17 bits per heavy atom. The summed E-state index contributed by atoms with van der Waals surface area (Å²) < 4.78 is 13.3. The Hall–Kier alpha value is -2.44. The third-order valence-corrected chi connectivity index (χ3v) is 3.34. The van der Waals surface area contributed by atoms with Crippen LogP contribution in [0.2, 0.25) is 0 Å². The standard InChI is InChI=1S/C17H23FN2O4/c1-10(2)7-15(17(23)24)20-16(22)14(19-11(3)21)9-12-5-4-6-13(18)8-12/h4-6,8,10,14-15H,7,9H2,1-3H3,(H,19,21)(H,20,22)(H,23,24)/t14-,15-/m1/s1. The largest absolute Gasteiger partial charge is 0.480 e. The molecule has 132 valence electrons. The summed E-state index contributed by atoms with van der Waals surface area (Å²) in [6, 6.07) is 3.67. The smallest absolute Gasteiger partial charge is 0.326 e. The first-order valence-corrected chi connectivity index (χ1v) is 7.73. The zero-order valence-corrected chi connectivity index (χ0v) is 14.0. The molecule has 1 rings (SSSR count). The number of carbonyl (C=O) groups is 3. The number of hydrogen-bond donors (Lipinski definition) is 3. The second-order valence-electron chi connectivity index (χ2n) is 6.12. The fraction of sp³-hybridized carbons (Fsp3) is 0.471. The zero-order chi connectivity index (χ0) is 18.3. The van der Waals surface area contributed by atoms with Crippen molar-refractivity contribution in [2.45, 2.75) is 45.7 Å². The van der Waals surface area contributed by atoms with Gasteiger partial charge in [0, 0.05) is 13.3 Å². The maximum atomic E-state index is 13.3. The minimum atomic E-state index is -1.13. The zero-order valence-electron chi connectivity index (χ0n) is 14.0. The van der Waals surface area contributed by atoms with Crippen LogP contribution in [-0.2, 0) is 20.8 Å². The van der Waals surface area contributed by atoms with E-state index in [1.54, 1.807) is 6.07 Å². The van der Waals surface area contributed by atoms with Crippen LogP contribution in [0, 0.1) is 11.7 Å². The molecule has 1 aromatic rings. The summed E-state index contributed by atoms with van der Waals surface area (Å²) in [5.74, 6) is -2.54. The summed E-state index contributed by atoms with van der Waals surface area (Å²) in [5.41, 5.74) is 0.527. The maximum absolute atomic E-state index is 13.3. The molecule has 0 saturated heterocycles. The number of carbonyl (C=O) groups excluding carboxylic acids is 2. The van der Waals surface area contributed by atoms with Crippen LogP contribution in [0.15, 0.2) is 24.3 Å². The van der Waals surface area contributed by atoms with Gasteiger partial charge in [-0.3, -0.25) is 9.59 Å². The molecule has 0 heterocycles. The predicted molar refractivity (Wildman–Crippen MR) is 86.7 cm³/mol. The third kappa shape index (κ3) is 6.76. The number of benzene rings is 1. The van der Waals surface area contributed by atoms with Crippen molar-refractivity contribution in [3.8, 4) is 0 Å². The van der Waals surface area contributed by atoms with Crippen LogP contribution in [0.5, 0.6) is 0 Å². The summed E-state index contributed by atoms with van der Waals surface area (Å²) in [5, 5.41) is 14.1. The van der Waals surface area contributed by atoms with Crippen molar-refractivity contribution >= 4 is 17.8 Å². The molecule has 1 aromatic carbocycles. The van der Waals surface area contributed by atoms with Gasteiger partial charge in [-0.25, -0.2) is 9.18 Å². The summed E-state index contributed by atoms with van der Waals surface area (Å²) in [6.07, 6.45) is 0.338. The molecule has 6 nitrogen and oxygen atoms in total. The van der Waals surface area contributed by atoms with Crippen molar-refractivity contribution in [1.29, 1.82) is 0 Å². The number of carboxylic acids is 1. The topological polar surface area (TPSA) is 95.5 Å². The van der Waals surface area contributed by atoms with Crippen LogP contribution in [0.1, 0.15) is 32.8 Å². The molecule has 2 atom stereocenters. The number of aliphatic carboxylic acids is 1. The quantitative estimate of drug-likeness (QED) is 0.669. The molecule has 0 aliphatic rings. The number of nitrogens with one attached hydrogen (secondary N) is 2. The Morgan fingerprint density at radius 3 is 2.33 bits per heavy atom. The van der Waals surface area contributed by atoms with Crippen LogP contribution in [0.3, 0.4) is 0 Å². The number of hydrogen-bond acceptors (Lipinski definition) is 3. The molecule has 0 aliphatic carbocycles. The molecule has 2 amide bonds. The summed E-state index contributed by atoms with van der Waals surface area (Å²) in [7, 11) is 0. The highest BCUT2D eigenvalue weighted by Gasteiger charge is 2.26. The van der Waals surface area contributed by atoms with E-state index in [-0.39, 0.29) is 18.8 Å². The van der Waals surface area contributed by atoms with E-state index in [0.717, 1.165) is 0 Å². The van der Waals surface area contributed by atoms with Gasteiger partial charge in [-0.1, -0.05) is 26.0 Å². The Morgan fingerprint density at radius 2 is 1.83 bits per heavy atom. The number of halogens is 1. The first kappa shape index (κ1) is 19.6.